The zero-order valence-electron chi connectivity index (χ0n) is 10.0. The average molecular weight is 293 g/mol. The Morgan fingerprint density at radius 3 is 2.39 bits per heavy atom. The van der Waals surface area contributed by atoms with Gasteiger partial charge in [0.1, 0.15) is 5.75 Å². The summed E-state index contributed by atoms with van der Waals surface area (Å²) in [5, 5.41) is 9.21. The lowest BCUT2D eigenvalue weighted by Crippen LogP contribution is -2.14. The number of halogens is 1. The maximum absolute atomic E-state index is 11.3. The van der Waals surface area contributed by atoms with E-state index in [1.54, 1.807) is 24.3 Å². The van der Waals surface area contributed by atoms with E-state index in [1.807, 2.05) is 0 Å². The lowest BCUT2D eigenvalue weighted by Gasteiger charge is -2.06. The van der Waals surface area contributed by atoms with Gasteiger partial charge in [0.05, 0.1) is 24.7 Å². The van der Waals surface area contributed by atoms with Crippen molar-refractivity contribution in [3.63, 3.8) is 0 Å². The minimum Gasteiger partial charge on any atom is -0.494 e. The van der Waals surface area contributed by atoms with E-state index in [4.69, 9.17) is 21.4 Å². The second-order valence-corrected chi connectivity index (χ2v) is 6.62. The molecule has 18 heavy (non-hydrogen) atoms. The van der Waals surface area contributed by atoms with Gasteiger partial charge in [-0.25, -0.2) is 8.42 Å². The molecule has 102 valence electrons. The predicted molar refractivity (Wildman–Crippen MR) is 71.9 cm³/mol. The average Bonchev–Trinajstić information content (AvgIpc) is 2.31. The van der Waals surface area contributed by atoms with Crippen molar-refractivity contribution in [3.05, 3.63) is 29.3 Å². The quantitative estimate of drug-likeness (QED) is 0.743. The topological polar surface area (TPSA) is 63.6 Å². The molecule has 0 unspecified atom stereocenters. The summed E-state index contributed by atoms with van der Waals surface area (Å²) < 4.78 is 28.0. The molecule has 0 saturated carbocycles. The number of aliphatic hydroxyl groups is 1. The van der Waals surface area contributed by atoms with Gasteiger partial charge >= 0.3 is 0 Å². The van der Waals surface area contributed by atoms with Gasteiger partial charge in [0.15, 0.2) is 9.84 Å². The Labute approximate surface area is 112 Å². The van der Waals surface area contributed by atoms with Crippen molar-refractivity contribution >= 4 is 21.4 Å². The number of hydrogen-bond acceptors (Lipinski definition) is 4. The van der Waals surface area contributed by atoms with Gasteiger partial charge in [-0.3, -0.25) is 0 Å². The summed E-state index contributed by atoms with van der Waals surface area (Å²) in [5.41, 5.74) is 0. The summed E-state index contributed by atoms with van der Waals surface area (Å²) in [6, 6.07) is 7.01. The van der Waals surface area contributed by atoms with Crippen LogP contribution in [-0.2, 0) is 9.84 Å². The molecule has 1 aromatic carbocycles. The second-order valence-electron chi connectivity index (χ2n) is 3.88. The molecule has 0 spiro atoms. The van der Waals surface area contributed by atoms with E-state index in [-0.39, 0.29) is 18.1 Å². The largest absolute Gasteiger partial charge is 0.494 e. The van der Waals surface area contributed by atoms with Crippen LogP contribution in [0, 0.1) is 0 Å². The predicted octanol–water partition coefficient (Wildman–Crippen LogP) is 1.91. The fraction of sp³-hybridized carbons (Fsp3) is 0.500. The van der Waals surface area contributed by atoms with Gasteiger partial charge in [-0.2, -0.15) is 0 Å². The molecule has 0 atom stereocenters. The number of rotatable bonds is 8. The van der Waals surface area contributed by atoms with Crippen molar-refractivity contribution in [2.45, 2.75) is 12.8 Å². The van der Waals surface area contributed by atoms with Gasteiger partial charge in [-0.1, -0.05) is 11.6 Å². The highest BCUT2D eigenvalue weighted by Gasteiger charge is 2.08. The van der Waals surface area contributed by atoms with Crippen molar-refractivity contribution in [3.8, 4) is 5.75 Å². The van der Waals surface area contributed by atoms with E-state index in [0.717, 1.165) is 5.75 Å². The Balaban J connectivity index is 2.18. The van der Waals surface area contributed by atoms with Gasteiger partial charge in [0.25, 0.3) is 0 Å². The number of aliphatic hydroxyl groups excluding tert-OH is 1. The lowest BCUT2D eigenvalue weighted by atomic mass is 10.3. The van der Waals surface area contributed by atoms with Gasteiger partial charge in [0, 0.05) is 5.02 Å². The Morgan fingerprint density at radius 2 is 1.78 bits per heavy atom. The fourth-order valence-electron chi connectivity index (χ4n) is 1.39. The number of unbranched alkanes of at least 4 members (excludes halogenated alkanes) is 1. The molecule has 0 aromatic heterocycles. The van der Waals surface area contributed by atoms with Gasteiger partial charge in [-0.05, 0) is 37.1 Å². The van der Waals surface area contributed by atoms with E-state index in [0.29, 0.717) is 24.5 Å². The summed E-state index contributed by atoms with van der Waals surface area (Å²) in [5.74, 6) is 0.653. The Bertz CT molecular complexity index is 442. The summed E-state index contributed by atoms with van der Waals surface area (Å²) in [6.45, 7) is 0.153. The molecule has 1 N–H and O–H groups in total. The molecule has 0 heterocycles. The highest BCUT2D eigenvalue weighted by atomic mass is 35.5. The van der Waals surface area contributed by atoms with Crippen LogP contribution in [0.1, 0.15) is 12.8 Å². The first-order valence-electron chi connectivity index (χ1n) is 5.73. The lowest BCUT2D eigenvalue weighted by molar-refractivity contribution is 0.309. The molecule has 0 fully saturated rings. The minimum absolute atomic E-state index is 0.0948. The maximum Gasteiger partial charge on any atom is 0.152 e. The molecule has 0 aliphatic rings. The van der Waals surface area contributed by atoms with Crippen LogP contribution in [0.2, 0.25) is 5.02 Å². The molecule has 0 aliphatic carbocycles. The highest BCUT2D eigenvalue weighted by molar-refractivity contribution is 7.91. The van der Waals surface area contributed by atoms with Gasteiger partial charge < -0.3 is 9.84 Å². The van der Waals surface area contributed by atoms with Crippen molar-refractivity contribution in [1.82, 2.24) is 0 Å². The smallest absolute Gasteiger partial charge is 0.152 e. The first-order chi connectivity index (χ1) is 8.53. The third kappa shape index (κ3) is 6.23. The molecule has 4 nitrogen and oxygen atoms in total. The molecular formula is C12H17ClO4S. The number of hydrogen-bond donors (Lipinski definition) is 1. The summed E-state index contributed by atoms with van der Waals surface area (Å²) in [6.07, 6.45) is 1.20. The Morgan fingerprint density at radius 1 is 1.11 bits per heavy atom. The standard InChI is InChI=1S/C12H17ClO4S/c13-11-3-5-12(6-4-11)17-8-1-2-9-18(15,16)10-7-14/h3-6,14H,1-2,7-10H2. The van der Waals surface area contributed by atoms with Crippen LogP contribution >= 0.6 is 11.6 Å². The van der Waals surface area contributed by atoms with E-state index in [1.165, 1.54) is 0 Å². The second kappa shape index (κ2) is 7.61. The van der Waals surface area contributed by atoms with Gasteiger partial charge in [0.2, 0.25) is 0 Å². The fourth-order valence-corrected chi connectivity index (χ4v) is 2.64. The Kier molecular flexibility index (Phi) is 6.46. The molecule has 6 heteroatoms. The highest BCUT2D eigenvalue weighted by Crippen LogP contribution is 2.15. The molecule has 0 bridgehead atoms. The molecular weight excluding hydrogens is 276 g/mol. The van der Waals surface area contributed by atoms with Crippen molar-refractivity contribution in [2.75, 3.05) is 24.7 Å². The number of benzene rings is 1. The summed E-state index contributed by atoms with van der Waals surface area (Å²) >= 11 is 5.73. The van der Waals surface area contributed by atoms with Gasteiger partial charge in [-0.15, -0.1) is 0 Å². The third-order valence-electron chi connectivity index (χ3n) is 2.33. The molecule has 0 amide bonds. The van der Waals surface area contributed by atoms with E-state index < -0.39 is 9.84 Å². The van der Waals surface area contributed by atoms with Crippen molar-refractivity contribution in [1.29, 1.82) is 0 Å². The van der Waals surface area contributed by atoms with E-state index in [9.17, 15) is 8.42 Å². The molecule has 0 aliphatic heterocycles. The molecule has 1 aromatic rings. The van der Waals surface area contributed by atoms with Crippen LogP contribution in [0.15, 0.2) is 24.3 Å². The van der Waals surface area contributed by atoms with E-state index in [2.05, 4.69) is 0 Å². The van der Waals surface area contributed by atoms with Crippen LogP contribution in [-0.4, -0.2) is 38.2 Å². The first-order valence-corrected chi connectivity index (χ1v) is 7.93. The minimum atomic E-state index is -3.11. The van der Waals surface area contributed by atoms with Crippen molar-refractivity contribution < 1.29 is 18.3 Å². The normalized spacial score (nSPS) is 11.4. The van der Waals surface area contributed by atoms with Crippen LogP contribution in [0.3, 0.4) is 0 Å². The summed E-state index contributed by atoms with van der Waals surface area (Å²) in [4.78, 5) is 0. The van der Waals surface area contributed by atoms with Crippen molar-refractivity contribution in [2.24, 2.45) is 0 Å². The third-order valence-corrected chi connectivity index (χ3v) is 4.30. The molecule has 0 radical (unpaired) electrons. The zero-order valence-corrected chi connectivity index (χ0v) is 11.6. The van der Waals surface area contributed by atoms with Crippen LogP contribution < -0.4 is 4.74 Å². The molecule has 1 rings (SSSR count). The van der Waals surface area contributed by atoms with Crippen LogP contribution in [0.4, 0.5) is 0 Å². The number of sulfone groups is 1. The van der Waals surface area contributed by atoms with Crippen LogP contribution in [0.25, 0.3) is 0 Å². The Hall–Kier alpha value is -0.780. The number of ether oxygens (including phenoxy) is 1. The molecule has 0 saturated heterocycles. The monoisotopic (exact) mass is 292 g/mol. The SMILES string of the molecule is O=S(=O)(CCO)CCCCOc1ccc(Cl)cc1. The zero-order chi connectivity index (χ0) is 13.4. The maximum atomic E-state index is 11.3. The first kappa shape index (κ1) is 15.3. The summed E-state index contributed by atoms with van der Waals surface area (Å²) in [7, 11) is -3.11. The van der Waals surface area contributed by atoms with Crippen LogP contribution in [0.5, 0.6) is 5.75 Å². The van der Waals surface area contributed by atoms with E-state index >= 15 is 0 Å².